The minimum absolute atomic E-state index is 0.114. The Morgan fingerprint density at radius 2 is 1.77 bits per heavy atom. The Balaban J connectivity index is 2.53. The third-order valence-corrected chi connectivity index (χ3v) is 3.44. The monoisotopic (exact) mass is 391 g/mol. The van der Waals surface area contributed by atoms with Gasteiger partial charge in [0.15, 0.2) is 12.0 Å². The summed E-state index contributed by atoms with van der Waals surface area (Å²) in [7, 11) is 1.15. The maximum Gasteiger partial charge on any atom is 0.479 e. The third kappa shape index (κ3) is 4.84. The number of aromatic nitrogens is 1. The van der Waals surface area contributed by atoms with Crippen LogP contribution in [0.2, 0.25) is 0 Å². The fourth-order valence-electron chi connectivity index (χ4n) is 2.09. The highest BCUT2D eigenvalue weighted by atomic mass is 32.2. The molecule has 0 atom stereocenters. The summed E-state index contributed by atoms with van der Waals surface area (Å²) in [4.78, 5) is 24.5. The van der Waals surface area contributed by atoms with Crippen LogP contribution in [-0.2, 0) is 9.47 Å². The molecule has 0 fully saturated rings. The van der Waals surface area contributed by atoms with Crippen molar-refractivity contribution in [3.63, 3.8) is 0 Å². The number of methoxy groups -OCH3 is 1. The lowest BCUT2D eigenvalue weighted by Crippen LogP contribution is -2.29. The highest BCUT2D eigenvalue weighted by molar-refractivity contribution is 7.95. The van der Waals surface area contributed by atoms with Gasteiger partial charge in [-0.25, -0.2) is 14.2 Å². The molecule has 142 valence electrons. The highest BCUT2D eigenvalue weighted by Gasteiger charge is 2.32. The number of fused-ring (bicyclic) bond motifs is 1. The standard InChI is InChI=1S/C16H16F3NO5S/c1-15(2,3)24-14(22)20-11-8-10(25-26-16(17,18)19)6-5-9(11)7-12(20)13(21)23-4/h5-8H,1-4H3. The number of halogens is 3. The Morgan fingerprint density at radius 3 is 2.31 bits per heavy atom. The van der Waals surface area contributed by atoms with E-state index in [-0.39, 0.29) is 17.0 Å². The molecule has 2 rings (SSSR count). The van der Waals surface area contributed by atoms with Crippen LogP contribution in [0.3, 0.4) is 0 Å². The van der Waals surface area contributed by atoms with Gasteiger partial charge >= 0.3 is 17.6 Å². The lowest BCUT2D eigenvalue weighted by molar-refractivity contribution is -0.0369. The molecule has 1 aromatic heterocycles. The highest BCUT2D eigenvalue weighted by Crippen LogP contribution is 2.34. The maximum absolute atomic E-state index is 12.5. The van der Waals surface area contributed by atoms with Crippen molar-refractivity contribution in [2.24, 2.45) is 0 Å². The van der Waals surface area contributed by atoms with Crippen molar-refractivity contribution in [3.05, 3.63) is 30.0 Å². The smallest absolute Gasteiger partial charge is 0.464 e. The Labute approximate surface area is 151 Å². The van der Waals surface area contributed by atoms with Crippen LogP contribution in [0.4, 0.5) is 18.0 Å². The van der Waals surface area contributed by atoms with Crippen LogP contribution >= 0.6 is 12.0 Å². The molecule has 0 N–H and O–H groups in total. The Kier molecular flexibility index (Phi) is 5.45. The second-order valence-corrected chi connectivity index (χ2v) is 6.97. The van der Waals surface area contributed by atoms with Crippen molar-refractivity contribution >= 4 is 35.0 Å². The first kappa shape index (κ1) is 20.0. The van der Waals surface area contributed by atoms with Gasteiger partial charge in [0, 0.05) is 11.5 Å². The van der Waals surface area contributed by atoms with E-state index in [1.54, 1.807) is 20.8 Å². The van der Waals surface area contributed by atoms with Crippen molar-refractivity contribution in [3.8, 4) is 5.75 Å². The van der Waals surface area contributed by atoms with E-state index < -0.39 is 35.2 Å². The number of carbonyl (C=O) groups excluding carboxylic acids is 2. The van der Waals surface area contributed by atoms with E-state index in [0.717, 1.165) is 11.7 Å². The normalized spacial score (nSPS) is 12.1. The molecule has 26 heavy (non-hydrogen) atoms. The molecule has 0 saturated carbocycles. The summed E-state index contributed by atoms with van der Waals surface area (Å²) in [5.74, 6) is -0.932. The van der Waals surface area contributed by atoms with Crippen LogP contribution in [0.5, 0.6) is 5.75 Å². The largest absolute Gasteiger partial charge is 0.479 e. The van der Waals surface area contributed by atoms with Crippen molar-refractivity contribution in [2.75, 3.05) is 7.11 Å². The second-order valence-electron chi connectivity index (χ2n) is 6.17. The molecule has 0 bridgehead atoms. The zero-order chi connectivity index (χ0) is 19.7. The Morgan fingerprint density at radius 1 is 1.12 bits per heavy atom. The summed E-state index contributed by atoms with van der Waals surface area (Å²) in [6, 6.07) is 5.31. The zero-order valence-corrected chi connectivity index (χ0v) is 15.2. The minimum atomic E-state index is -4.58. The van der Waals surface area contributed by atoms with E-state index >= 15 is 0 Å². The van der Waals surface area contributed by atoms with Crippen LogP contribution in [0.25, 0.3) is 10.9 Å². The number of hydrogen-bond donors (Lipinski definition) is 0. The number of ether oxygens (including phenoxy) is 2. The van der Waals surface area contributed by atoms with Crippen LogP contribution in [0, 0.1) is 0 Å². The van der Waals surface area contributed by atoms with Crippen molar-refractivity contribution < 1.29 is 36.4 Å². The predicted octanol–water partition coefficient (Wildman–Crippen LogP) is 4.76. The van der Waals surface area contributed by atoms with E-state index in [1.807, 2.05) is 0 Å². The summed E-state index contributed by atoms with van der Waals surface area (Å²) < 4.78 is 52.4. The van der Waals surface area contributed by atoms with Gasteiger partial charge in [-0.3, -0.25) is 0 Å². The topological polar surface area (TPSA) is 66.8 Å². The molecular weight excluding hydrogens is 375 g/mol. The lowest BCUT2D eigenvalue weighted by Gasteiger charge is -2.20. The first-order chi connectivity index (χ1) is 11.9. The SMILES string of the molecule is COC(=O)c1cc2ccc(OSC(F)(F)F)cc2n1C(=O)OC(C)(C)C. The van der Waals surface area contributed by atoms with Crippen molar-refractivity contribution in [2.45, 2.75) is 31.9 Å². The van der Waals surface area contributed by atoms with Gasteiger partial charge in [-0.1, -0.05) is 0 Å². The quantitative estimate of drug-likeness (QED) is 0.555. The number of rotatable bonds is 3. The molecule has 0 spiro atoms. The molecule has 0 radical (unpaired) electrons. The van der Waals surface area contributed by atoms with E-state index in [4.69, 9.17) is 4.74 Å². The van der Waals surface area contributed by atoms with Crippen LogP contribution in [0.1, 0.15) is 31.3 Å². The van der Waals surface area contributed by atoms with Gasteiger partial charge in [-0.15, -0.1) is 0 Å². The molecule has 1 heterocycles. The molecular formula is C16H16F3NO5S. The van der Waals surface area contributed by atoms with Crippen LogP contribution < -0.4 is 4.18 Å². The molecule has 0 aliphatic heterocycles. The average Bonchev–Trinajstić information content (AvgIpc) is 2.88. The lowest BCUT2D eigenvalue weighted by atomic mass is 10.2. The fourth-order valence-corrected chi connectivity index (χ4v) is 2.38. The number of nitrogens with zero attached hydrogens (tertiary/aromatic N) is 1. The minimum Gasteiger partial charge on any atom is -0.464 e. The summed E-state index contributed by atoms with van der Waals surface area (Å²) in [6.45, 7) is 4.93. The van der Waals surface area contributed by atoms with Gasteiger partial charge in [0.25, 0.3) is 0 Å². The number of carbonyl (C=O) groups is 2. The van der Waals surface area contributed by atoms with E-state index in [0.29, 0.717) is 5.39 Å². The van der Waals surface area contributed by atoms with E-state index in [2.05, 4.69) is 8.92 Å². The first-order valence-electron chi connectivity index (χ1n) is 7.31. The molecule has 10 heteroatoms. The molecule has 0 saturated heterocycles. The number of benzene rings is 1. The van der Waals surface area contributed by atoms with Crippen LogP contribution in [-0.4, -0.2) is 34.8 Å². The number of hydrogen-bond acceptors (Lipinski definition) is 6. The summed E-state index contributed by atoms with van der Waals surface area (Å²) in [5.41, 5.74) is -5.39. The van der Waals surface area contributed by atoms with E-state index in [1.165, 1.54) is 24.3 Å². The van der Waals surface area contributed by atoms with Gasteiger partial charge in [-0.05, 0) is 39.0 Å². The Hall–Kier alpha value is -2.36. The number of esters is 1. The maximum atomic E-state index is 12.5. The molecule has 0 aliphatic carbocycles. The molecule has 0 aliphatic rings. The molecule has 6 nitrogen and oxygen atoms in total. The van der Waals surface area contributed by atoms with Crippen molar-refractivity contribution in [1.29, 1.82) is 0 Å². The third-order valence-electron chi connectivity index (χ3n) is 2.98. The van der Waals surface area contributed by atoms with Gasteiger partial charge in [-0.2, -0.15) is 13.2 Å². The average molecular weight is 391 g/mol. The molecule has 0 unspecified atom stereocenters. The summed E-state index contributed by atoms with van der Waals surface area (Å²) in [5, 5.41) is 0.431. The zero-order valence-electron chi connectivity index (χ0n) is 14.3. The van der Waals surface area contributed by atoms with Gasteiger partial charge in [0.1, 0.15) is 17.0 Å². The van der Waals surface area contributed by atoms with Crippen molar-refractivity contribution in [1.82, 2.24) is 4.57 Å². The summed E-state index contributed by atoms with van der Waals surface area (Å²) >= 11 is -0.680. The van der Waals surface area contributed by atoms with E-state index in [9.17, 15) is 22.8 Å². The second kappa shape index (κ2) is 7.10. The predicted molar refractivity (Wildman–Crippen MR) is 89.2 cm³/mol. The van der Waals surface area contributed by atoms with Crippen LogP contribution in [0.15, 0.2) is 24.3 Å². The first-order valence-corrected chi connectivity index (χ1v) is 8.05. The Bertz CT molecular complexity index is 839. The molecule has 0 amide bonds. The van der Waals surface area contributed by atoms with Gasteiger partial charge in [0.2, 0.25) is 0 Å². The fraction of sp³-hybridized carbons (Fsp3) is 0.375. The summed E-state index contributed by atoms with van der Waals surface area (Å²) in [6.07, 6.45) is -0.867. The van der Waals surface area contributed by atoms with Gasteiger partial charge in [0.05, 0.1) is 12.6 Å². The molecule has 1 aromatic carbocycles. The molecule has 2 aromatic rings. The van der Waals surface area contributed by atoms with Gasteiger partial charge < -0.3 is 13.7 Å². The number of alkyl halides is 3.